The molecule has 3 fully saturated rings. The normalized spacial score (nSPS) is 24.3. The van der Waals surface area contributed by atoms with Crippen LogP contribution in [0.2, 0.25) is 10.0 Å². The van der Waals surface area contributed by atoms with Crippen LogP contribution in [0.1, 0.15) is 49.9 Å². The van der Waals surface area contributed by atoms with E-state index in [1.165, 1.54) is 12.8 Å². The van der Waals surface area contributed by atoms with Gasteiger partial charge in [-0.05, 0) is 68.7 Å². The summed E-state index contributed by atoms with van der Waals surface area (Å²) in [7, 11) is -2.34. The number of aromatic nitrogens is 4. The average molecular weight is 591 g/mol. The van der Waals surface area contributed by atoms with E-state index in [1.807, 2.05) is 13.0 Å². The molecule has 0 aliphatic carbocycles. The van der Waals surface area contributed by atoms with Crippen LogP contribution in [0.5, 0.6) is 0 Å². The van der Waals surface area contributed by atoms with Gasteiger partial charge in [0.05, 0.1) is 12.2 Å². The van der Waals surface area contributed by atoms with Crippen LogP contribution >= 0.6 is 33.8 Å². The summed E-state index contributed by atoms with van der Waals surface area (Å²) in [5.74, 6) is 3.12. The van der Waals surface area contributed by atoms with Gasteiger partial charge in [-0.15, -0.1) is 0 Å². The molecule has 6 rings (SSSR count). The molecule has 0 saturated carbocycles. The maximum Gasteiger partial charge on any atom is 0.190 e. The molecule has 3 aromatic rings. The summed E-state index contributed by atoms with van der Waals surface area (Å²) in [6.45, 7) is 6.04. The third kappa shape index (κ3) is 5.33. The van der Waals surface area contributed by atoms with Gasteiger partial charge in [0.15, 0.2) is 11.3 Å². The van der Waals surface area contributed by atoms with Crippen molar-refractivity contribution in [1.29, 1.82) is 5.26 Å². The zero-order valence-electron chi connectivity index (χ0n) is 21.9. The molecule has 5 heterocycles. The van der Waals surface area contributed by atoms with Crippen LogP contribution in [-0.4, -0.2) is 77.5 Å². The van der Waals surface area contributed by atoms with Gasteiger partial charge in [0.2, 0.25) is 0 Å². The van der Waals surface area contributed by atoms with E-state index >= 15 is 0 Å². The monoisotopic (exact) mass is 589 g/mol. The first kappa shape index (κ1) is 27.1. The van der Waals surface area contributed by atoms with Crippen molar-refractivity contribution in [2.24, 2.45) is 11.8 Å². The van der Waals surface area contributed by atoms with E-state index in [4.69, 9.17) is 28.2 Å². The first-order valence-electron chi connectivity index (χ1n) is 13.6. The Morgan fingerprint density at radius 3 is 2.59 bits per heavy atom. The van der Waals surface area contributed by atoms with Crippen LogP contribution in [0.15, 0.2) is 24.4 Å². The molecule has 0 radical (unpaired) electrons. The second kappa shape index (κ2) is 10.7. The summed E-state index contributed by atoms with van der Waals surface area (Å²) in [5.41, 5.74) is 2.14. The SMILES string of the molecule is C[C@H](c1ccc(Cl)cc1Cl)n1nc(C#N)c2ncc(N3CC(C4CCCN(C5CCS(O)(O)CC5)C4)C3)nc21. The fourth-order valence-electron chi connectivity index (χ4n) is 6.39. The van der Waals surface area contributed by atoms with Crippen molar-refractivity contribution in [2.45, 2.75) is 44.7 Å². The Labute approximate surface area is 240 Å². The van der Waals surface area contributed by atoms with Gasteiger partial charge in [0.25, 0.3) is 0 Å². The number of rotatable bonds is 5. The predicted molar refractivity (Wildman–Crippen MR) is 156 cm³/mol. The summed E-state index contributed by atoms with van der Waals surface area (Å²) in [4.78, 5) is 14.4. The standard InChI is InChI=1S/C27H33Cl2N7O2S/c1-17(22-5-4-20(28)11-23(22)29)36-27-26(24(12-30)33-36)31-13-25(32-27)35-15-19(16-35)18-3-2-8-34(14-18)21-6-9-39(37,38)10-7-21/h4-5,11,13,17-19,21,37-38H,2-3,6-10,14-16H2,1H3/t17-,18?/m1/s1. The van der Waals surface area contributed by atoms with Crippen molar-refractivity contribution in [3.8, 4) is 6.07 Å². The molecular weight excluding hydrogens is 557 g/mol. The Morgan fingerprint density at radius 1 is 1.10 bits per heavy atom. The quantitative estimate of drug-likeness (QED) is 0.391. The molecule has 3 saturated heterocycles. The van der Waals surface area contributed by atoms with Gasteiger partial charge >= 0.3 is 0 Å². The molecule has 2 atom stereocenters. The lowest BCUT2D eigenvalue weighted by atomic mass is 9.80. The van der Waals surface area contributed by atoms with Gasteiger partial charge in [0, 0.05) is 47.2 Å². The van der Waals surface area contributed by atoms with Crippen LogP contribution in [0.3, 0.4) is 0 Å². The zero-order chi connectivity index (χ0) is 27.3. The van der Waals surface area contributed by atoms with Crippen molar-refractivity contribution in [3.05, 3.63) is 45.7 Å². The molecule has 1 aromatic carbocycles. The highest BCUT2D eigenvalue weighted by molar-refractivity contribution is 8.24. The highest BCUT2D eigenvalue weighted by Gasteiger charge is 2.39. The summed E-state index contributed by atoms with van der Waals surface area (Å²) < 4.78 is 21.7. The number of nitrogens with zero attached hydrogens (tertiary/aromatic N) is 7. The lowest BCUT2D eigenvalue weighted by molar-refractivity contribution is 0.0791. The smallest absolute Gasteiger partial charge is 0.190 e. The summed E-state index contributed by atoms with van der Waals surface area (Å²) >= 11 is 12.6. The number of fused-ring (bicyclic) bond motifs is 1. The Kier molecular flexibility index (Phi) is 7.42. The molecule has 12 heteroatoms. The topological polar surface area (TPSA) is 114 Å². The number of piperidine rings is 1. The molecule has 208 valence electrons. The third-order valence-electron chi connectivity index (χ3n) is 8.74. The van der Waals surface area contributed by atoms with Crippen molar-refractivity contribution < 1.29 is 9.11 Å². The first-order valence-corrected chi connectivity index (χ1v) is 16.2. The summed E-state index contributed by atoms with van der Waals surface area (Å²) in [6.07, 6.45) is 5.96. The molecular formula is C27H33Cl2N7O2S. The van der Waals surface area contributed by atoms with Crippen molar-refractivity contribution in [3.63, 3.8) is 0 Å². The van der Waals surface area contributed by atoms with Crippen molar-refractivity contribution in [2.75, 3.05) is 42.6 Å². The number of nitriles is 1. The Balaban J connectivity index is 1.16. The minimum absolute atomic E-state index is 0.244. The van der Waals surface area contributed by atoms with Gasteiger partial charge < -0.3 is 4.90 Å². The number of halogens is 2. The maximum absolute atomic E-state index is 10.00. The van der Waals surface area contributed by atoms with E-state index in [2.05, 4.69) is 26.0 Å². The summed E-state index contributed by atoms with van der Waals surface area (Å²) in [5, 5.41) is 15.3. The zero-order valence-corrected chi connectivity index (χ0v) is 24.2. The van der Waals surface area contributed by atoms with Gasteiger partial charge in [-0.1, -0.05) is 29.3 Å². The van der Waals surface area contributed by atoms with Crippen LogP contribution in [-0.2, 0) is 0 Å². The molecule has 3 aliphatic heterocycles. The Morgan fingerprint density at radius 2 is 1.87 bits per heavy atom. The molecule has 2 aromatic heterocycles. The molecule has 0 spiro atoms. The first-order chi connectivity index (χ1) is 18.7. The largest absolute Gasteiger partial charge is 0.355 e. The van der Waals surface area contributed by atoms with Crippen LogP contribution < -0.4 is 4.90 Å². The predicted octanol–water partition coefficient (Wildman–Crippen LogP) is 5.68. The second-order valence-corrected chi connectivity index (χ2v) is 14.4. The second-order valence-electron chi connectivity index (χ2n) is 11.2. The van der Waals surface area contributed by atoms with E-state index in [-0.39, 0.29) is 11.7 Å². The van der Waals surface area contributed by atoms with E-state index in [9.17, 15) is 14.4 Å². The summed E-state index contributed by atoms with van der Waals surface area (Å²) in [6, 6.07) is 7.74. The fraction of sp³-hybridized carbons (Fsp3) is 0.556. The van der Waals surface area contributed by atoms with Gasteiger partial charge in [-0.25, -0.2) is 14.6 Å². The minimum Gasteiger partial charge on any atom is -0.355 e. The lowest BCUT2D eigenvalue weighted by Gasteiger charge is -2.49. The van der Waals surface area contributed by atoms with E-state index in [0.717, 1.165) is 50.4 Å². The maximum atomic E-state index is 10.00. The van der Waals surface area contributed by atoms with Crippen LogP contribution in [0.4, 0.5) is 5.82 Å². The number of benzene rings is 1. The number of likely N-dealkylation sites (tertiary alicyclic amines) is 1. The Bertz CT molecular complexity index is 1410. The molecule has 3 aliphatic rings. The molecule has 9 nitrogen and oxygen atoms in total. The lowest BCUT2D eigenvalue weighted by Crippen LogP contribution is -2.55. The van der Waals surface area contributed by atoms with Crippen molar-refractivity contribution in [1.82, 2.24) is 24.6 Å². The van der Waals surface area contributed by atoms with Gasteiger partial charge in [-0.3, -0.25) is 14.0 Å². The van der Waals surface area contributed by atoms with E-state index in [1.54, 1.807) is 23.0 Å². The molecule has 2 N–H and O–H groups in total. The van der Waals surface area contributed by atoms with E-state index < -0.39 is 10.6 Å². The average Bonchev–Trinajstić information content (AvgIpc) is 3.26. The number of hydrogen-bond acceptors (Lipinski definition) is 8. The van der Waals surface area contributed by atoms with Crippen LogP contribution in [0, 0.1) is 23.2 Å². The fourth-order valence-corrected chi connectivity index (χ4v) is 8.45. The molecule has 39 heavy (non-hydrogen) atoms. The Hall–Kier alpha value is -2.13. The van der Waals surface area contributed by atoms with Gasteiger partial charge in [-0.2, -0.15) is 21.0 Å². The minimum atomic E-state index is -2.34. The molecule has 1 unspecified atom stereocenters. The van der Waals surface area contributed by atoms with Crippen LogP contribution in [0.25, 0.3) is 11.2 Å². The number of anilines is 1. The molecule has 0 amide bonds. The van der Waals surface area contributed by atoms with Gasteiger partial charge in [0.1, 0.15) is 17.4 Å². The van der Waals surface area contributed by atoms with E-state index in [0.29, 0.717) is 50.6 Å². The third-order valence-corrected chi connectivity index (χ3v) is 11.1. The molecule has 0 bridgehead atoms. The van der Waals surface area contributed by atoms with Crippen molar-refractivity contribution >= 4 is 50.8 Å². The highest BCUT2D eigenvalue weighted by atomic mass is 35.5. The number of hydrogen-bond donors (Lipinski definition) is 2. The highest BCUT2D eigenvalue weighted by Crippen LogP contribution is 2.45.